The second-order valence-electron chi connectivity index (χ2n) is 6.69. The number of carbonyl (C=O) groups excluding carboxylic acids is 1. The second kappa shape index (κ2) is 8.45. The van der Waals surface area contributed by atoms with E-state index in [2.05, 4.69) is 20.9 Å². The molecule has 0 amide bonds. The summed E-state index contributed by atoms with van der Waals surface area (Å²) in [7, 11) is 0. The molecule has 0 aromatic heterocycles. The first-order chi connectivity index (χ1) is 14.1. The summed E-state index contributed by atoms with van der Waals surface area (Å²) < 4.78 is 12.2. The molecule has 4 rings (SSSR count). The molecule has 0 saturated heterocycles. The predicted octanol–water partition coefficient (Wildman–Crippen LogP) is 5.68. The molecule has 29 heavy (non-hydrogen) atoms. The molecule has 0 unspecified atom stereocenters. The van der Waals surface area contributed by atoms with E-state index in [1.807, 2.05) is 79.7 Å². The Hall–Kier alpha value is -3.18. The Morgan fingerprint density at radius 1 is 0.966 bits per heavy atom. The van der Waals surface area contributed by atoms with Crippen molar-refractivity contribution in [3.63, 3.8) is 0 Å². The molecule has 0 radical (unpaired) electrons. The molecule has 144 valence electrons. The minimum Gasteiger partial charge on any atom is -0.489 e. The minimum absolute atomic E-state index is 0.282. The number of benzene rings is 3. The van der Waals surface area contributed by atoms with Gasteiger partial charge in [0.1, 0.15) is 12.4 Å². The maximum atomic E-state index is 12.1. The number of aliphatic imine (C=N–C) groups is 1. The van der Waals surface area contributed by atoms with Crippen LogP contribution < -0.4 is 4.74 Å². The number of rotatable bonds is 5. The molecule has 1 aliphatic heterocycles. The van der Waals surface area contributed by atoms with Crippen LogP contribution in [0.2, 0.25) is 0 Å². The smallest absolute Gasteiger partial charge is 0.363 e. The number of hydrogen-bond acceptors (Lipinski definition) is 4. The molecular formula is C24H18BrNO3. The summed E-state index contributed by atoms with van der Waals surface area (Å²) in [6.07, 6.45) is 1.71. The van der Waals surface area contributed by atoms with E-state index in [-0.39, 0.29) is 5.70 Å². The van der Waals surface area contributed by atoms with Crippen molar-refractivity contribution < 1.29 is 14.3 Å². The molecule has 1 heterocycles. The van der Waals surface area contributed by atoms with Gasteiger partial charge in [-0.25, -0.2) is 9.79 Å². The fourth-order valence-electron chi connectivity index (χ4n) is 2.79. The van der Waals surface area contributed by atoms with Crippen molar-refractivity contribution >= 4 is 33.9 Å². The van der Waals surface area contributed by atoms with Gasteiger partial charge in [0.25, 0.3) is 0 Å². The molecule has 0 atom stereocenters. The van der Waals surface area contributed by atoms with Crippen molar-refractivity contribution in [3.05, 3.63) is 105 Å². The lowest BCUT2D eigenvalue weighted by molar-refractivity contribution is -0.129. The van der Waals surface area contributed by atoms with Gasteiger partial charge in [-0.1, -0.05) is 57.9 Å². The molecule has 0 saturated carbocycles. The Morgan fingerprint density at radius 3 is 2.34 bits per heavy atom. The molecule has 0 fully saturated rings. The number of carbonyl (C=O) groups is 1. The van der Waals surface area contributed by atoms with Crippen molar-refractivity contribution in [1.82, 2.24) is 0 Å². The summed E-state index contributed by atoms with van der Waals surface area (Å²) in [6, 6.07) is 23.2. The molecule has 3 aromatic rings. The standard InChI is InChI=1S/C24H18BrNO3/c1-16-2-8-19(9-3-16)23-26-22(24(27)29-23)14-17-6-12-21(13-7-17)28-15-18-4-10-20(25)11-5-18/h2-14H,15H2,1H3. The third-order valence-electron chi connectivity index (χ3n) is 4.42. The van der Waals surface area contributed by atoms with E-state index in [0.29, 0.717) is 12.5 Å². The van der Waals surface area contributed by atoms with Crippen molar-refractivity contribution in [3.8, 4) is 5.75 Å². The molecule has 1 aliphatic rings. The highest BCUT2D eigenvalue weighted by atomic mass is 79.9. The molecule has 0 bridgehead atoms. The number of ether oxygens (including phenoxy) is 2. The second-order valence-corrected chi connectivity index (χ2v) is 7.60. The van der Waals surface area contributed by atoms with Crippen LogP contribution in [0.3, 0.4) is 0 Å². The Morgan fingerprint density at radius 2 is 1.66 bits per heavy atom. The van der Waals surface area contributed by atoms with Crippen molar-refractivity contribution in [2.45, 2.75) is 13.5 Å². The average molecular weight is 448 g/mol. The number of esters is 1. The zero-order chi connectivity index (χ0) is 20.2. The van der Waals surface area contributed by atoms with Crippen molar-refractivity contribution in [1.29, 1.82) is 0 Å². The van der Waals surface area contributed by atoms with E-state index in [4.69, 9.17) is 9.47 Å². The minimum atomic E-state index is -0.448. The monoisotopic (exact) mass is 447 g/mol. The number of aryl methyl sites for hydroxylation is 1. The normalized spacial score (nSPS) is 14.6. The Labute approximate surface area is 177 Å². The van der Waals surface area contributed by atoms with Gasteiger partial charge in [0.2, 0.25) is 5.90 Å². The van der Waals surface area contributed by atoms with E-state index < -0.39 is 5.97 Å². The van der Waals surface area contributed by atoms with Crippen molar-refractivity contribution in [2.75, 3.05) is 0 Å². The van der Waals surface area contributed by atoms with Crippen LogP contribution in [0.15, 0.2) is 88.0 Å². The molecule has 4 nitrogen and oxygen atoms in total. The van der Waals surface area contributed by atoms with Crippen LogP contribution >= 0.6 is 15.9 Å². The van der Waals surface area contributed by atoms with E-state index in [9.17, 15) is 4.79 Å². The van der Waals surface area contributed by atoms with Gasteiger partial charge in [-0.15, -0.1) is 0 Å². The lowest BCUT2D eigenvalue weighted by Crippen LogP contribution is -2.05. The number of halogens is 1. The SMILES string of the molecule is Cc1ccc(C2=NC(=Cc3ccc(OCc4ccc(Br)cc4)cc3)C(=O)O2)cc1. The largest absolute Gasteiger partial charge is 0.489 e. The third kappa shape index (κ3) is 4.81. The van der Waals surface area contributed by atoms with Crippen LogP contribution in [0, 0.1) is 6.92 Å². The molecule has 5 heteroatoms. The Bertz CT molecular complexity index is 1080. The van der Waals surface area contributed by atoms with E-state index in [0.717, 1.165) is 32.5 Å². The lowest BCUT2D eigenvalue weighted by Gasteiger charge is -2.06. The number of hydrogen-bond donors (Lipinski definition) is 0. The molecule has 0 aliphatic carbocycles. The highest BCUT2D eigenvalue weighted by Gasteiger charge is 2.23. The first kappa shape index (κ1) is 19.2. The molecule has 3 aromatic carbocycles. The zero-order valence-corrected chi connectivity index (χ0v) is 17.3. The topological polar surface area (TPSA) is 47.9 Å². The van der Waals surface area contributed by atoms with E-state index in [1.54, 1.807) is 6.08 Å². The van der Waals surface area contributed by atoms with Gasteiger partial charge < -0.3 is 9.47 Å². The third-order valence-corrected chi connectivity index (χ3v) is 4.95. The fourth-order valence-corrected chi connectivity index (χ4v) is 3.06. The molecule has 0 spiro atoms. The molecular weight excluding hydrogens is 430 g/mol. The van der Waals surface area contributed by atoms with Crippen LogP contribution in [0.25, 0.3) is 6.08 Å². The highest BCUT2D eigenvalue weighted by molar-refractivity contribution is 9.10. The van der Waals surface area contributed by atoms with Gasteiger partial charge in [-0.05, 0) is 60.5 Å². The fraction of sp³-hybridized carbons (Fsp3) is 0.0833. The predicted molar refractivity (Wildman–Crippen MR) is 117 cm³/mol. The van der Waals surface area contributed by atoms with Gasteiger partial charge in [0.15, 0.2) is 5.70 Å². The van der Waals surface area contributed by atoms with Crippen LogP contribution in [0.1, 0.15) is 22.3 Å². The Kier molecular flexibility index (Phi) is 5.58. The van der Waals surface area contributed by atoms with Crippen LogP contribution in [0.5, 0.6) is 5.75 Å². The number of cyclic esters (lactones) is 1. The van der Waals surface area contributed by atoms with Crippen LogP contribution in [-0.2, 0) is 16.1 Å². The van der Waals surface area contributed by atoms with Gasteiger partial charge in [0, 0.05) is 10.0 Å². The average Bonchev–Trinajstić information content (AvgIpc) is 3.09. The summed E-state index contributed by atoms with van der Waals surface area (Å²) >= 11 is 3.42. The highest BCUT2D eigenvalue weighted by Crippen LogP contribution is 2.21. The van der Waals surface area contributed by atoms with Gasteiger partial charge in [-0.2, -0.15) is 0 Å². The number of nitrogens with zero attached hydrogens (tertiary/aromatic N) is 1. The summed E-state index contributed by atoms with van der Waals surface area (Å²) in [5.74, 6) is 0.639. The van der Waals surface area contributed by atoms with E-state index >= 15 is 0 Å². The maximum Gasteiger partial charge on any atom is 0.363 e. The maximum absolute atomic E-state index is 12.1. The van der Waals surface area contributed by atoms with Gasteiger partial charge in [-0.3, -0.25) is 0 Å². The first-order valence-corrected chi connectivity index (χ1v) is 9.93. The van der Waals surface area contributed by atoms with Gasteiger partial charge >= 0.3 is 5.97 Å². The zero-order valence-electron chi connectivity index (χ0n) is 15.8. The summed E-state index contributed by atoms with van der Waals surface area (Å²) in [6.45, 7) is 2.49. The van der Waals surface area contributed by atoms with Crippen LogP contribution in [0.4, 0.5) is 0 Å². The van der Waals surface area contributed by atoms with Crippen molar-refractivity contribution in [2.24, 2.45) is 4.99 Å². The summed E-state index contributed by atoms with van der Waals surface area (Å²) in [5, 5.41) is 0. The van der Waals surface area contributed by atoms with E-state index in [1.165, 1.54) is 0 Å². The van der Waals surface area contributed by atoms with Crippen LogP contribution in [-0.4, -0.2) is 11.9 Å². The first-order valence-electron chi connectivity index (χ1n) is 9.14. The Balaban J connectivity index is 1.44. The van der Waals surface area contributed by atoms with Gasteiger partial charge in [0.05, 0.1) is 0 Å². The summed E-state index contributed by atoms with van der Waals surface area (Å²) in [4.78, 5) is 16.5. The molecule has 0 N–H and O–H groups in total. The quantitative estimate of drug-likeness (QED) is 0.373. The lowest BCUT2D eigenvalue weighted by atomic mass is 10.1. The summed E-state index contributed by atoms with van der Waals surface area (Å²) in [5.41, 5.74) is 4.14.